The minimum Gasteiger partial charge on any atom is -0.370 e. The third-order valence-corrected chi connectivity index (χ3v) is 3.70. The molecule has 5 heteroatoms. The Labute approximate surface area is 127 Å². The summed E-state index contributed by atoms with van der Waals surface area (Å²) in [6.45, 7) is 0.925. The Kier molecular flexibility index (Phi) is 4.15. The van der Waals surface area contributed by atoms with Gasteiger partial charge in [0.25, 0.3) is 5.91 Å². The van der Waals surface area contributed by atoms with E-state index in [9.17, 15) is 13.6 Å². The summed E-state index contributed by atoms with van der Waals surface area (Å²) >= 11 is 0. The van der Waals surface area contributed by atoms with Gasteiger partial charge >= 0.3 is 0 Å². The highest BCUT2D eigenvalue weighted by Gasteiger charge is 2.29. The van der Waals surface area contributed by atoms with Crippen LogP contribution >= 0.6 is 0 Å². The number of ether oxygens (including phenoxy) is 1. The van der Waals surface area contributed by atoms with Crippen LogP contribution in [0.25, 0.3) is 0 Å². The van der Waals surface area contributed by atoms with Crippen LogP contribution in [0.15, 0.2) is 48.5 Å². The number of carbonyl (C=O) groups excluding carboxylic acids is 1. The Bertz CT molecular complexity index is 655. The number of nitrogens with zero attached hydrogens (tertiary/aromatic N) is 1. The first-order chi connectivity index (χ1) is 10.7. The number of morpholine rings is 1. The lowest BCUT2D eigenvalue weighted by atomic mass is 10.1. The van der Waals surface area contributed by atoms with E-state index in [-0.39, 0.29) is 12.6 Å². The summed E-state index contributed by atoms with van der Waals surface area (Å²) in [5.41, 5.74) is 0.435. The molecule has 0 radical (unpaired) electrons. The first-order valence-corrected chi connectivity index (χ1v) is 7.06. The average Bonchev–Trinajstić information content (AvgIpc) is 2.55. The van der Waals surface area contributed by atoms with Gasteiger partial charge in [-0.1, -0.05) is 36.4 Å². The number of hydrogen-bond acceptors (Lipinski definition) is 2. The zero-order valence-electron chi connectivity index (χ0n) is 11.8. The van der Waals surface area contributed by atoms with Gasteiger partial charge in [-0.3, -0.25) is 4.79 Å². The summed E-state index contributed by atoms with van der Waals surface area (Å²) in [5.74, 6) is -2.32. The van der Waals surface area contributed by atoms with Crippen molar-refractivity contribution in [1.82, 2.24) is 4.90 Å². The van der Waals surface area contributed by atoms with E-state index in [1.54, 1.807) is 0 Å². The van der Waals surface area contributed by atoms with Crippen molar-refractivity contribution in [1.29, 1.82) is 0 Å². The lowest BCUT2D eigenvalue weighted by Crippen LogP contribution is -2.42. The van der Waals surface area contributed by atoms with Crippen molar-refractivity contribution >= 4 is 5.91 Å². The molecule has 1 fully saturated rings. The molecular weight excluding hydrogens is 288 g/mol. The summed E-state index contributed by atoms with van der Waals surface area (Å²) < 4.78 is 33.2. The van der Waals surface area contributed by atoms with Crippen LogP contribution in [0.4, 0.5) is 8.78 Å². The normalized spacial score (nSPS) is 18.3. The summed E-state index contributed by atoms with van der Waals surface area (Å²) in [5, 5.41) is 0. The first kappa shape index (κ1) is 14.7. The van der Waals surface area contributed by atoms with E-state index in [2.05, 4.69) is 0 Å². The van der Waals surface area contributed by atoms with Crippen LogP contribution in [0.1, 0.15) is 22.0 Å². The van der Waals surface area contributed by atoms with Gasteiger partial charge in [0, 0.05) is 6.54 Å². The summed E-state index contributed by atoms with van der Waals surface area (Å²) in [6, 6.07) is 12.9. The summed E-state index contributed by atoms with van der Waals surface area (Å²) in [6.07, 6.45) is -0.284. The quantitative estimate of drug-likeness (QED) is 0.853. The molecule has 3 rings (SSSR count). The second-order valence-corrected chi connectivity index (χ2v) is 5.12. The summed E-state index contributed by atoms with van der Waals surface area (Å²) in [4.78, 5) is 13.8. The Balaban J connectivity index is 1.82. The van der Waals surface area contributed by atoms with Crippen molar-refractivity contribution < 1.29 is 18.3 Å². The van der Waals surface area contributed by atoms with Gasteiger partial charge < -0.3 is 9.64 Å². The van der Waals surface area contributed by atoms with Crippen molar-refractivity contribution in [2.45, 2.75) is 6.10 Å². The lowest BCUT2D eigenvalue weighted by molar-refractivity contribution is -0.0231. The van der Waals surface area contributed by atoms with E-state index in [1.807, 2.05) is 30.3 Å². The molecule has 22 heavy (non-hydrogen) atoms. The van der Waals surface area contributed by atoms with Crippen molar-refractivity contribution in [2.75, 3.05) is 19.7 Å². The molecule has 0 saturated carbocycles. The number of carbonyl (C=O) groups is 1. The Morgan fingerprint density at radius 3 is 2.41 bits per heavy atom. The van der Waals surface area contributed by atoms with Crippen LogP contribution < -0.4 is 0 Å². The van der Waals surface area contributed by atoms with Crippen LogP contribution in [0.3, 0.4) is 0 Å². The minimum atomic E-state index is -0.840. The maximum atomic E-state index is 13.8. The highest BCUT2D eigenvalue weighted by atomic mass is 19.1. The third kappa shape index (κ3) is 2.85. The van der Waals surface area contributed by atoms with Gasteiger partial charge in [-0.2, -0.15) is 0 Å². The van der Waals surface area contributed by atoms with Crippen molar-refractivity contribution in [3.05, 3.63) is 71.3 Å². The molecule has 0 aromatic heterocycles. The molecular formula is C17H15F2NO2. The third-order valence-electron chi connectivity index (χ3n) is 3.70. The first-order valence-electron chi connectivity index (χ1n) is 7.06. The SMILES string of the molecule is O=C(c1c(F)cccc1F)N1CCO[C@H](c2ccccc2)C1. The van der Waals surface area contributed by atoms with Gasteiger partial charge in [0.05, 0.1) is 13.2 Å². The highest BCUT2D eigenvalue weighted by molar-refractivity contribution is 5.94. The predicted molar refractivity (Wildman–Crippen MR) is 77.4 cm³/mol. The molecule has 1 atom stereocenters. The molecule has 114 valence electrons. The fraction of sp³-hybridized carbons (Fsp3) is 0.235. The molecule has 0 spiro atoms. The molecule has 0 bridgehead atoms. The Morgan fingerprint density at radius 1 is 1.05 bits per heavy atom. The van der Waals surface area contributed by atoms with Gasteiger partial charge in [-0.15, -0.1) is 0 Å². The topological polar surface area (TPSA) is 29.5 Å². The minimum absolute atomic E-state index is 0.274. The zero-order valence-corrected chi connectivity index (χ0v) is 11.8. The molecule has 3 nitrogen and oxygen atoms in total. The number of hydrogen-bond donors (Lipinski definition) is 0. The smallest absolute Gasteiger partial charge is 0.260 e. The van der Waals surface area contributed by atoms with Gasteiger partial charge in [0.15, 0.2) is 0 Å². The van der Waals surface area contributed by atoms with Gasteiger partial charge in [0.2, 0.25) is 0 Å². The molecule has 0 aliphatic carbocycles. The van der Waals surface area contributed by atoms with Crippen LogP contribution in [0, 0.1) is 11.6 Å². The zero-order chi connectivity index (χ0) is 15.5. The van der Waals surface area contributed by atoms with Gasteiger partial charge in [-0.25, -0.2) is 8.78 Å². The standard InChI is InChI=1S/C17H15F2NO2/c18-13-7-4-8-14(19)16(13)17(21)20-9-10-22-15(11-20)12-5-2-1-3-6-12/h1-8,15H,9-11H2/t15-/m0/s1. The van der Waals surface area contributed by atoms with E-state index in [0.29, 0.717) is 13.2 Å². The van der Waals surface area contributed by atoms with Crippen LogP contribution in [-0.2, 0) is 4.74 Å². The average molecular weight is 303 g/mol. The van der Waals surface area contributed by atoms with Crippen LogP contribution in [0.5, 0.6) is 0 Å². The maximum Gasteiger partial charge on any atom is 0.260 e. The molecule has 1 saturated heterocycles. The monoisotopic (exact) mass is 303 g/mol. The number of halogens is 2. The number of benzene rings is 2. The highest BCUT2D eigenvalue weighted by Crippen LogP contribution is 2.24. The Morgan fingerprint density at radius 2 is 1.73 bits per heavy atom. The van der Waals surface area contributed by atoms with Crippen LogP contribution in [-0.4, -0.2) is 30.5 Å². The largest absolute Gasteiger partial charge is 0.370 e. The molecule has 1 aliphatic rings. The predicted octanol–water partition coefficient (Wildman–Crippen LogP) is 3.18. The van der Waals surface area contributed by atoms with E-state index in [4.69, 9.17) is 4.74 Å². The second kappa shape index (κ2) is 6.23. The molecule has 0 N–H and O–H groups in total. The number of amides is 1. The molecule has 1 heterocycles. The molecule has 1 aliphatic heterocycles. The molecule has 2 aromatic rings. The molecule has 0 unspecified atom stereocenters. The van der Waals surface area contributed by atoms with Gasteiger partial charge in [-0.05, 0) is 17.7 Å². The van der Waals surface area contributed by atoms with Gasteiger partial charge in [0.1, 0.15) is 23.3 Å². The molecule has 1 amide bonds. The van der Waals surface area contributed by atoms with Crippen molar-refractivity contribution in [2.24, 2.45) is 0 Å². The fourth-order valence-electron chi connectivity index (χ4n) is 2.56. The van der Waals surface area contributed by atoms with E-state index in [0.717, 1.165) is 17.7 Å². The Hall–Kier alpha value is -2.27. The second-order valence-electron chi connectivity index (χ2n) is 5.12. The van der Waals surface area contributed by atoms with Crippen molar-refractivity contribution in [3.8, 4) is 0 Å². The number of rotatable bonds is 2. The molecule has 2 aromatic carbocycles. The fourth-order valence-corrected chi connectivity index (χ4v) is 2.56. The van der Waals surface area contributed by atoms with Crippen molar-refractivity contribution in [3.63, 3.8) is 0 Å². The van der Waals surface area contributed by atoms with E-state index >= 15 is 0 Å². The summed E-state index contributed by atoms with van der Waals surface area (Å²) in [7, 11) is 0. The maximum absolute atomic E-state index is 13.8. The van der Waals surface area contributed by atoms with E-state index < -0.39 is 23.1 Å². The lowest BCUT2D eigenvalue weighted by Gasteiger charge is -2.33. The van der Waals surface area contributed by atoms with E-state index in [1.165, 1.54) is 11.0 Å². The van der Waals surface area contributed by atoms with Crippen LogP contribution in [0.2, 0.25) is 0 Å².